The fourth-order valence-corrected chi connectivity index (χ4v) is 2.41. The first-order valence-electron chi connectivity index (χ1n) is 6.99. The first-order valence-corrected chi connectivity index (χ1v) is 6.99. The highest BCUT2D eigenvalue weighted by molar-refractivity contribution is 5.78. The van der Waals surface area contributed by atoms with Crippen LogP contribution in [0.2, 0.25) is 0 Å². The summed E-state index contributed by atoms with van der Waals surface area (Å²) in [5.74, 6) is -0.444. The molecular formula is C13H22N2O5. The van der Waals surface area contributed by atoms with Gasteiger partial charge in [-0.15, -0.1) is 0 Å². The average molecular weight is 286 g/mol. The highest BCUT2D eigenvalue weighted by atomic mass is 16.6. The minimum absolute atomic E-state index is 0.0500. The standard InChI is InChI=1S/C13H22N2O5/c1-18-13(17)11-8-15(4-6-20-11)9-12(16)14-7-10-3-2-5-19-10/h10-11H,2-9H2,1H3,(H,14,16). The van der Waals surface area contributed by atoms with E-state index in [1.54, 1.807) is 0 Å². The van der Waals surface area contributed by atoms with E-state index in [-0.39, 0.29) is 18.6 Å². The average Bonchev–Trinajstić information content (AvgIpc) is 2.98. The number of hydrogen-bond acceptors (Lipinski definition) is 6. The zero-order valence-electron chi connectivity index (χ0n) is 11.8. The summed E-state index contributed by atoms with van der Waals surface area (Å²) in [5, 5.41) is 2.87. The van der Waals surface area contributed by atoms with E-state index in [9.17, 15) is 9.59 Å². The molecule has 0 aromatic rings. The van der Waals surface area contributed by atoms with E-state index in [4.69, 9.17) is 9.47 Å². The van der Waals surface area contributed by atoms with Crippen LogP contribution in [-0.2, 0) is 23.8 Å². The Balaban J connectivity index is 1.68. The third-order valence-corrected chi connectivity index (χ3v) is 3.53. The molecule has 1 N–H and O–H groups in total. The number of hydrogen-bond donors (Lipinski definition) is 1. The van der Waals surface area contributed by atoms with Crippen molar-refractivity contribution < 1.29 is 23.8 Å². The van der Waals surface area contributed by atoms with E-state index < -0.39 is 12.1 Å². The first-order chi connectivity index (χ1) is 9.69. The summed E-state index contributed by atoms with van der Waals surface area (Å²) in [5.41, 5.74) is 0. The summed E-state index contributed by atoms with van der Waals surface area (Å²) in [6.45, 7) is 3.07. The fraction of sp³-hybridized carbons (Fsp3) is 0.846. The molecule has 0 aliphatic carbocycles. The number of nitrogens with zero attached hydrogens (tertiary/aromatic N) is 1. The molecule has 7 nitrogen and oxygen atoms in total. The van der Waals surface area contributed by atoms with Gasteiger partial charge < -0.3 is 19.5 Å². The van der Waals surface area contributed by atoms with Gasteiger partial charge in [0.25, 0.3) is 0 Å². The Bertz CT molecular complexity index is 344. The zero-order valence-corrected chi connectivity index (χ0v) is 11.8. The van der Waals surface area contributed by atoms with Crippen LogP contribution in [0, 0.1) is 0 Å². The van der Waals surface area contributed by atoms with Gasteiger partial charge >= 0.3 is 5.97 Å². The van der Waals surface area contributed by atoms with Crippen LogP contribution in [-0.4, -0.2) is 75.5 Å². The predicted octanol–water partition coefficient (Wildman–Crippen LogP) is -0.845. The third-order valence-electron chi connectivity index (χ3n) is 3.53. The lowest BCUT2D eigenvalue weighted by Crippen LogP contribution is -2.50. The number of nitrogens with one attached hydrogen (secondary N) is 1. The normalized spacial score (nSPS) is 27.2. The molecule has 2 aliphatic heterocycles. The molecule has 0 radical (unpaired) electrons. The number of ether oxygens (including phenoxy) is 3. The first kappa shape index (κ1) is 15.2. The van der Waals surface area contributed by atoms with Crippen molar-refractivity contribution in [1.82, 2.24) is 10.2 Å². The van der Waals surface area contributed by atoms with Crippen LogP contribution in [0.4, 0.5) is 0 Å². The molecule has 0 bridgehead atoms. The maximum atomic E-state index is 11.8. The summed E-state index contributed by atoms with van der Waals surface area (Å²) < 4.78 is 15.4. The van der Waals surface area contributed by atoms with E-state index in [1.165, 1.54) is 7.11 Å². The van der Waals surface area contributed by atoms with Crippen LogP contribution in [0.25, 0.3) is 0 Å². The maximum Gasteiger partial charge on any atom is 0.336 e. The SMILES string of the molecule is COC(=O)C1CN(CC(=O)NCC2CCCO2)CCO1. The summed E-state index contributed by atoms with van der Waals surface area (Å²) in [6, 6.07) is 0. The van der Waals surface area contributed by atoms with Crippen molar-refractivity contribution in [2.75, 3.05) is 46.5 Å². The van der Waals surface area contributed by atoms with Crippen molar-refractivity contribution in [3.63, 3.8) is 0 Å². The molecule has 114 valence electrons. The van der Waals surface area contributed by atoms with Crippen LogP contribution in [0.3, 0.4) is 0 Å². The van der Waals surface area contributed by atoms with E-state index in [1.807, 2.05) is 4.90 Å². The van der Waals surface area contributed by atoms with E-state index in [0.717, 1.165) is 19.4 Å². The second-order valence-electron chi connectivity index (χ2n) is 5.06. The molecule has 2 aliphatic rings. The van der Waals surface area contributed by atoms with E-state index in [0.29, 0.717) is 26.2 Å². The van der Waals surface area contributed by atoms with Crippen LogP contribution < -0.4 is 5.32 Å². The van der Waals surface area contributed by atoms with Crippen LogP contribution in [0.5, 0.6) is 0 Å². The minimum atomic E-state index is -0.597. The van der Waals surface area contributed by atoms with Gasteiger partial charge in [-0.2, -0.15) is 0 Å². The monoisotopic (exact) mass is 286 g/mol. The van der Waals surface area contributed by atoms with Crippen LogP contribution in [0.15, 0.2) is 0 Å². The molecule has 2 unspecified atom stereocenters. The summed E-state index contributed by atoms with van der Waals surface area (Å²) in [6.07, 6.45) is 1.61. The molecule has 0 aromatic carbocycles. The number of rotatable bonds is 5. The van der Waals surface area contributed by atoms with Crippen LogP contribution >= 0.6 is 0 Å². The summed E-state index contributed by atoms with van der Waals surface area (Å²) in [7, 11) is 1.33. The van der Waals surface area contributed by atoms with Gasteiger partial charge in [0.1, 0.15) is 0 Å². The fourth-order valence-electron chi connectivity index (χ4n) is 2.41. The summed E-state index contributed by atoms with van der Waals surface area (Å²) >= 11 is 0. The largest absolute Gasteiger partial charge is 0.467 e. The molecule has 2 atom stereocenters. The van der Waals surface area contributed by atoms with Gasteiger partial charge in [-0.05, 0) is 12.8 Å². The molecule has 2 saturated heterocycles. The van der Waals surface area contributed by atoms with Crippen molar-refractivity contribution in [3.05, 3.63) is 0 Å². The van der Waals surface area contributed by atoms with Gasteiger partial charge in [0, 0.05) is 26.2 Å². The maximum absolute atomic E-state index is 11.8. The number of methoxy groups -OCH3 is 1. The highest BCUT2D eigenvalue weighted by Crippen LogP contribution is 2.10. The molecule has 0 spiro atoms. The molecule has 0 aromatic heterocycles. The zero-order chi connectivity index (χ0) is 14.4. The van der Waals surface area contributed by atoms with Crippen molar-refractivity contribution in [1.29, 1.82) is 0 Å². The summed E-state index contributed by atoms with van der Waals surface area (Å²) in [4.78, 5) is 25.2. The van der Waals surface area contributed by atoms with Crippen molar-refractivity contribution >= 4 is 11.9 Å². The lowest BCUT2D eigenvalue weighted by molar-refractivity contribution is -0.160. The quantitative estimate of drug-likeness (QED) is 0.664. The Morgan fingerprint density at radius 1 is 1.35 bits per heavy atom. The second-order valence-corrected chi connectivity index (χ2v) is 5.06. The third kappa shape index (κ3) is 4.43. The molecular weight excluding hydrogens is 264 g/mol. The van der Waals surface area contributed by atoms with Crippen LogP contribution in [0.1, 0.15) is 12.8 Å². The minimum Gasteiger partial charge on any atom is -0.467 e. The topological polar surface area (TPSA) is 77.1 Å². The predicted molar refractivity (Wildman–Crippen MR) is 70.2 cm³/mol. The number of carbonyl (C=O) groups excluding carboxylic acids is 2. The Kier molecular flexibility index (Phi) is 5.75. The molecule has 1 amide bonds. The Morgan fingerprint density at radius 2 is 2.20 bits per heavy atom. The van der Waals surface area contributed by atoms with Gasteiger partial charge in [0.05, 0.1) is 26.4 Å². The van der Waals surface area contributed by atoms with Crippen molar-refractivity contribution in [2.24, 2.45) is 0 Å². The van der Waals surface area contributed by atoms with Crippen molar-refractivity contribution in [2.45, 2.75) is 25.0 Å². The van der Waals surface area contributed by atoms with Gasteiger partial charge in [-0.1, -0.05) is 0 Å². The lowest BCUT2D eigenvalue weighted by atomic mass is 10.2. The number of morpholine rings is 1. The molecule has 2 fully saturated rings. The van der Waals surface area contributed by atoms with Crippen molar-refractivity contribution in [3.8, 4) is 0 Å². The number of esters is 1. The van der Waals surface area contributed by atoms with Gasteiger partial charge in [-0.25, -0.2) is 4.79 Å². The molecule has 0 saturated carbocycles. The molecule has 2 rings (SSSR count). The Hall–Kier alpha value is -1.18. The van der Waals surface area contributed by atoms with E-state index >= 15 is 0 Å². The Labute approximate surface area is 118 Å². The number of carbonyl (C=O) groups is 2. The van der Waals surface area contributed by atoms with E-state index in [2.05, 4.69) is 10.1 Å². The molecule has 2 heterocycles. The molecule has 7 heteroatoms. The lowest BCUT2D eigenvalue weighted by Gasteiger charge is -2.30. The number of amides is 1. The highest BCUT2D eigenvalue weighted by Gasteiger charge is 2.28. The smallest absolute Gasteiger partial charge is 0.336 e. The van der Waals surface area contributed by atoms with Gasteiger partial charge in [0.15, 0.2) is 6.10 Å². The van der Waals surface area contributed by atoms with Gasteiger partial charge in [0.2, 0.25) is 5.91 Å². The molecule has 20 heavy (non-hydrogen) atoms. The second kappa shape index (κ2) is 7.56. The Morgan fingerprint density at radius 3 is 2.90 bits per heavy atom. The van der Waals surface area contributed by atoms with Gasteiger partial charge in [-0.3, -0.25) is 9.69 Å².